The number of hydrogen-bond acceptors (Lipinski definition) is 3. The van der Waals surface area contributed by atoms with E-state index in [1.54, 1.807) is 0 Å². The average molecular weight is 257 g/mol. The van der Waals surface area contributed by atoms with Gasteiger partial charge in [-0.05, 0) is 39.9 Å². The Bertz CT molecular complexity index is 285. The number of carbonyl (C=O) groups excluding carboxylic acids is 1. The van der Waals surface area contributed by atoms with E-state index in [4.69, 9.17) is 18.0 Å². The number of rotatable bonds is 6. The van der Waals surface area contributed by atoms with Gasteiger partial charge in [0.2, 0.25) is 5.91 Å². The first-order chi connectivity index (χ1) is 7.99. The van der Waals surface area contributed by atoms with Gasteiger partial charge >= 0.3 is 0 Å². The maximum Gasteiger partial charge on any atom is 0.233 e. The Labute approximate surface area is 109 Å². The van der Waals surface area contributed by atoms with Crippen molar-refractivity contribution in [1.29, 1.82) is 0 Å². The van der Waals surface area contributed by atoms with Gasteiger partial charge in [0.1, 0.15) is 0 Å². The van der Waals surface area contributed by atoms with Crippen molar-refractivity contribution < 1.29 is 4.79 Å². The molecule has 1 rings (SSSR count). The minimum absolute atomic E-state index is 0.0289. The van der Waals surface area contributed by atoms with Gasteiger partial charge in [0.15, 0.2) is 0 Å². The molecule has 0 spiro atoms. The van der Waals surface area contributed by atoms with Crippen molar-refractivity contribution in [2.75, 3.05) is 27.2 Å². The molecule has 5 heteroatoms. The number of thiocarbonyl (C=S) groups is 1. The molecule has 0 bridgehead atoms. The Morgan fingerprint density at radius 1 is 1.41 bits per heavy atom. The van der Waals surface area contributed by atoms with E-state index in [1.165, 1.54) is 0 Å². The second-order valence-electron chi connectivity index (χ2n) is 5.07. The van der Waals surface area contributed by atoms with Crippen molar-refractivity contribution in [2.45, 2.75) is 32.1 Å². The third-order valence-electron chi connectivity index (χ3n) is 3.43. The number of carbonyl (C=O) groups is 1. The van der Waals surface area contributed by atoms with Crippen LogP contribution in [-0.2, 0) is 4.79 Å². The maximum atomic E-state index is 12.2. The maximum absolute atomic E-state index is 12.2. The second-order valence-corrected chi connectivity index (χ2v) is 5.51. The Morgan fingerprint density at radius 3 is 2.47 bits per heavy atom. The summed E-state index contributed by atoms with van der Waals surface area (Å²) in [7, 11) is 4.05. The lowest BCUT2D eigenvalue weighted by Crippen LogP contribution is -2.47. The Balaban J connectivity index is 2.42. The fourth-order valence-corrected chi connectivity index (χ4v) is 2.63. The van der Waals surface area contributed by atoms with E-state index in [-0.39, 0.29) is 5.91 Å². The summed E-state index contributed by atoms with van der Waals surface area (Å²) in [6.45, 7) is 1.67. The molecule has 0 aromatic rings. The summed E-state index contributed by atoms with van der Waals surface area (Å²) >= 11 is 5.07. The van der Waals surface area contributed by atoms with Crippen molar-refractivity contribution in [1.82, 2.24) is 10.2 Å². The summed E-state index contributed by atoms with van der Waals surface area (Å²) in [5.41, 5.74) is 5.19. The zero-order chi connectivity index (χ0) is 12.9. The lowest BCUT2D eigenvalue weighted by Gasteiger charge is -2.26. The highest BCUT2D eigenvalue weighted by atomic mass is 32.1. The van der Waals surface area contributed by atoms with Crippen molar-refractivity contribution in [2.24, 2.45) is 11.1 Å². The number of nitrogens with zero attached hydrogens (tertiary/aromatic N) is 1. The predicted molar refractivity (Wildman–Crippen MR) is 73.9 cm³/mol. The van der Waals surface area contributed by atoms with Crippen LogP contribution in [0.1, 0.15) is 32.1 Å². The Kier molecular flexibility index (Phi) is 5.33. The topological polar surface area (TPSA) is 58.4 Å². The van der Waals surface area contributed by atoms with Crippen LogP contribution in [0.3, 0.4) is 0 Å². The third-order valence-corrected chi connectivity index (χ3v) is 3.82. The molecule has 1 amide bonds. The van der Waals surface area contributed by atoms with Gasteiger partial charge in [-0.15, -0.1) is 0 Å². The van der Waals surface area contributed by atoms with Crippen LogP contribution in [0.15, 0.2) is 0 Å². The minimum atomic E-state index is -0.562. The van der Waals surface area contributed by atoms with E-state index in [9.17, 15) is 4.79 Å². The summed E-state index contributed by atoms with van der Waals surface area (Å²) in [5, 5.41) is 2.97. The Hall–Kier alpha value is -0.680. The van der Waals surface area contributed by atoms with Gasteiger partial charge in [-0.3, -0.25) is 4.79 Å². The first-order valence-corrected chi connectivity index (χ1v) is 6.63. The summed E-state index contributed by atoms with van der Waals surface area (Å²) in [5.74, 6) is 0.0289. The van der Waals surface area contributed by atoms with Crippen LogP contribution < -0.4 is 11.1 Å². The Morgan fingerprint density at radius 2 is 2.00 bits per heavy atom. The monoisotopic (exact) mass is 257 g/mol. The molecular formula is C12H23N3OS. The molecule has 98 valence electrons. The van der Waals surface area contributed by atoms with E-state index < -0.39 is 5.41 Å². The van der Waals surface area contributed by atoms with Crippen molar-refractivity contribution in [3.63, 3.8) is 0 Å². The fraction of sp³-hybridized carbons (Fsp3) is 0.833. The largest absolute Gasteiger partial charge is 0.392 e. The predicted octanol–water partition coefficient (Wildman–Crippen LogP) is 0.901. The normalized spacial score (nSPS) is 18.3. The zero-order valence-electron chi connectivity index (χ0n) is 10.8. The number of nitrogens with one attached hydrogen (secondary N) is 1. The van der Waals surface area contributed by atoms with Gasteiger partial charge in [0.05, 0.1) is 10.4 Å². The molecule has 0 unspecified atom stereocenters. The zero-order valence-corrected chi connectivity index (χ0v) is 11.6. The van der Waals surface area contributed by atoms with Gasteiger partial charge in [-0.2, -0.15) is 0 Å². The highest BCUT2D eigenvalue weighted by Gasteiger charge is 2.43. The van der Waals surface area contributed by atoms with Crippen LogP contribution in [0.2, 0.25) is 0 Å². The summed E-state index contributed by atoms with van der Waals surface area (Å²) in [4.78, 5) is 14.6. The smallest absolute Gasteiger partial charge is 0.233 e. The van der Waals surface area contributed by atoms with E-state index in [1.807, 2.05) is 14.1 Å². The van der Waals surface area contributed by atoms with Crippen LogP contribution in [0.4, 0.5) is 0 Å². The summed E-state index contributed by atoms with van der Waals surface area (Å²) < 4.78 is 0. The molecule has 1 aliphatic rings. The number of hydrogen-bond donors (Lipinski definition) is 2. The quantitative estimate of drug-likeness (QED) is 0.548. The van der Waals surface area contributed by atoms with Crippen LogP contribution in [0.25, 0.3) is 0 Å². The molecule has 0 radical (unpaired) electrons. The van der Waals surface area contributed by atoms with Gasteiger partial charge in [-0.25, -0.2) is 0 Å². The van der Waals surface area contributed by atoms with Crippen LogP contribution in [-0.4, -0.2) is 43.0 Å². The first-order valence-electron chi connectivity index (χ1n) is 6.22. The van der Waals surface area contributed by atoms with Gasteiger partial charge in [0.25, 0.3) is 0 Å². The molecule has 1 saturated carbocycles. The number of nitrogens with two attached hydrogens (primary N) is 1. The standard InChI is InChI=1S/C12H23N3OS/c1-15(2)9-5-8-14-11(16)12(10(13)17)6-3-4-7-12/h3-9H2,1-2H3,(H2,13,17)(H,14,16). The van der Waals surface area contributed by atoms with Gasteiger partial charge in [-0.1, -0.05) is 25.1 Å². The molecule has 0 saturated heterocycles. The molecule has 4 nitrogen and oxygen atoms in total. The van der Waals surface area contributed by atoms with Gasteiger partial charge < -0.3 is 16.0 Å². The molecule has 17 heavy (non-hydrogen) atoms. The average Bonchev–Trinajstić information content (AvgIpc) is 2.74. The molecule has 0 aromatic heterocycles. The highest BCUT2D eigenvalue weighted by molar-refractivity contribution is 7.80. The van der Waals surface area contributed by atoms with Crippen LogP contribution in [0, 0.1) is 5.41 Å². The third kappa shape index (κ3) is 3.64. The molecule has 0 aliphatic heterocycles. The minimum Gasteiger partial charge on any atom is -0.392 e. The van der Waals surface area contributed by atoms with Gasteiger partial charge in [0, 0.05) is 6.54 Å². The molecule has 0 atom stereocenters. The molecule has 0 aromatic carbocycles. The summed E-state index contributed by atoms with van der Waals surface area (Å²) in [6.07, 6.45) is 4.65. The summed E-state index contributed by atoms with van der Waals surface area (Å²) in [6, 6.07) is 0. The van der Waals surface area contributed by atoms with Crippen molar-refractivity contribution in [3.8, 4) is 0 Å². The lowest BCUT2D eigenvalue weighted by molar-refractivity contribution is -0.127. The molecule has 0 heterocycles. The van der Waals surface area contributed by atoms with E-state index in [0.717, 1.165) is 38.6 Å². The van der Waals surface area contributed by atoms with Crippen molar-refractivity contribution >= 4 is 23.1 Å². The van der Waals surface area contributed by atoms with E-state index >= 15 is 0 Å². The van der Waals surface area contributed by atoms with Crippen LogP contribution >= 0.6 is 12.2 Å². The molecule has 1 fully saturated rings. The first kappa shape index (κ1) is 14.4. The number of amides is 1. The molecular weight excluding hydrogens is 234 g/mol. The fourth-order valence-electron chi connectivity index (χ4n) is 2.33. The highest BCUT2D eigenvalue weighted by Crippen LogP contribution is 2.38. The van der Waals surface area contributed by atoms with Crippen LogP contribution in [0.5, 0.6) is 0 Å². The van der Waals surface area contributed by atoms with E-state index in [0.29, 0.717) is 11.5 Å². The van der Waals surface area contributed by atoms with Crippen molar-refractivity contribution in [3.05, 3.63) is 0 Å². The molecule has 1 aliphatic carbocycles. The van der Waals surface area contributed by atoms with E-state index in [2.05, 4.69) is 10.2 Å². The molecule has 3 N–H and O–H groups in total. The second kappa shape index (κ2) is 6.31. The lowest BCUT2D eigenvalue weighted by atomic mass is 9.85. The SMILES string of the molecule is CN(C)CCCNC(=O)C1(C(N)=S)CCCC1.